The molecule has 0 bridgehead atoms. The van der Waals surface area contributed by atoms with E-state index in [9.17, 15) is 10.1 Å². The third kappa shape index (κ3) is 3.86. The molecule has 0 aliphatic carbocycles. The average molecular weight is 434 g/mol. The molecule has 1 fully saturated rings. The van der Waals surface area contributed by atoms with Crippen LogP contribution in [-0.4, -0.2) is 49.2 Å². The molecule has 0 radical (unpaired) electrons. The summed E-state index contributed by atoms with van der Waals surface area (Å²) in [5.41, 5.74) is 2.02. The minimum Gasteiger partial charge on any atom is -0.486 e. The summed E-state index contributed by atoms with van der Waals surface area (Å²) in [6.45, 7) is 5.14. The normalized spacial score (nSPS) is 17.0. The molecule has 0 unspecified atom stereocenters. The van der Waals surface area contributed by atoms with E-state index in [0.717, 1.165) is 54.3 Å². The van der Waals surface area contributed by atoms with Crippen molar-refractivity contribution in [2.24, 2.45) is 0 Å². The van der Waals surface area contributed by atoms with Crippen molar-refractivity contribution in [3.05, 3.63) is 56.5 Å². The molecular formula is C19H20BrN3O4. The fourth-order valence-corrected chi connectivity index (χ4v) is 3.95. The molecule has 7 nitrogen and oxygen atoms in total. The van der Waals surface area contributed by atoms with Gasteiger partial charge in [0.15, 0.2) is 11.5 Å². The lowest BCUT2D eigenvalue weighted by atomic mass is 10.1. The van der Waals surface area contributed by atoms with Crippen LogP contribution in [-0.2, 0) is 6.54 Å². The van der Waals surface area contributed by atoms with E-state index in [0.29, 0.717) is 18.9 Å². The number of anilines is 1. The van der Waals surface area contributed by atoms with Crippen LogP contribution < -0.4 is 14.4 Å². The summed E-state index contributed by atoms with van der Waals surface area (Å²) in [6.07, 6.45) is 0. The molecule has 2 aliphatic heterocycles. The van der Waals surface area contributed by atoms with E-state index in [4.69, 9.17) is 9.47 Å². The Morgan fingerprint density at radius 3 is 2.41 bits per heavy atom. The number of halogens is 1. The standard InChI is InChI=1S/C19H20BrN3O4/c20-15-12-19-18(26-9-10-27-19)11-14(15)13-21-5-7-22(8-6-21)16-3-1-2-4-17(16)23(24)25/h1-4,11-12H,5-10,13H2. The number of hydrogen-bond donors (Lipinski definition) is 0. The summed E-state index contributed by atoms with van der Waals surface area (Å²) < 4.78 is 12.3. The number of nitrogens with zero attached hydrogens (tertiary/aromatic N) is 3. The van der Waals surface area contributed by atoms with Gasteiger partial charge in [-0.3, -0.25) is 15.0 Å². The smallest absolute Gasteiger partial charge is 0.292 e. The number of ether oxygens (including phenoxy) is 2. The van der Waals surface area contributed by atoms with Crippen LogP contribution in [0.5, 0.6) is 11.5 Å². The van der Waals surface area contributed by atoms with E-state index in [2.05, 4.69) is 25.7 Å². The summed E-state index contributed by atoms with van der Waals surface area (Å²) in [4.78, 5) is 15.4. The molecule has 2 heterocycles. The predicted molar refractivity (Wildman–Crippen MR) is 106 cm³/mol. The molecule has 2 aliphatic rings. The number of piperazine rings is 1. The van der Waals surface area contributed by atoms with Crippen LogP contribution in [0.15, 0.2) is 40.9 Å². The second-order valence-corrected chi connectivity index (χ2v) is 7.45. The van der Waals surface area contributed by atoms with Gasteiger partial charge in [0.2, 0.25) is 0 Å². The SMILES string of the molecule is O=[N+]([O-])c1ccccc1N1CCN(Cc2cc3c(cc2Br)OCCO3)CC1. The molecule has 0 aromatic heterocycles. The number of hydrogen-bond acceptors (Lipinski definition) is 6. The Morgan fingerprint density at radius 2 is 1.70 bits per heavy atom. The van der Waals surface area contributed by atoms with Gasteiger partial charge in [0.05, 0.1) is 4.92 Å². The first-order valence-corrected chi connectivity index (χ1v) is 9.70. The van der Waals surface area contributed by atoms with E-state index < -0.39 is 0 Å². The van der Waals surface area contributed by atoms with E-state index >= 15 is 0 Å². The third-order valence-electron chi connectivity index (χ3n) is 4.90. The number of benzene rings is 2. The zero-order chi connectivity index (χ0) is 18.8. The van der Waals surface area contributed by atoms with Gasteiger partial charge in [-0.05, 0) is 23.8 Å². The van der Waals surface area contributed by atoms with Crippen molar-refractivity contribution in [3.63, 3.8) is 0 Å². The van der Waals surface area contributed by atoms with Gasteiger partial charge in [0, 0.05) is 43.3 Å². The Morgan fingerprint density at radius 1 is 1.04 bits per heavy atom. The number of para-hydroxylation sites is 2. The molecule has 2 aromatic carbocycles. The Hall–Kier alpha value is -2.32. The summed E-state index contributed by atoms with van der Waals surface area (Å²) >= 11 is 3.63. The predicted octanol–water partition coefficient (Wildman–Crippen LogP) is 3.45. The molecule has 0 N–H and O–H groups in total. The van der Waals surface area contributed by atoms with Crippen molar-refractivity contribution in [3.8, 4) is 11.5 Å². The fourth-order valence-electron chi connectivity index (χ4n) is 3.50. The summed E-state index contributed by atoms with van der Waals surface area (Å²) in [5, 5.41) is 11.3. The lowest BCUT2D eigenvalue weighted by Crippen LogP contribution is -2.46. The van der Waals surface area contributed by atoms with Gasteiger partial charge in [-0.2, -0.15) is 0 Å². The van der Waals surface area contributed by atoms with Gasteiger partial charge in [-0.15, -0.1) is 0 Å². The Balaban J connectivity index is 1.43. The Bertz CT molecular complexity index is 853. The summed E-state index contributed by atoms with van der Waals surface area (Å²) in [7, 11) is 0. The van der Waals surface area contributed by atoms with Crippen molar-refractivity contribution in [2.75, 3.05) is 44.3 Å². The molecule has 8 heteroatoms. The van der Waals surface area contributed by atoms with E-state index in [1.165, 1.54) is 0 Å². The summed E-state index contributed by atoms with van der Waals surface area (Å²) in [6, 6.07) is 10.9. The van der Waals surface area contributed by atoms with Crippen molar-refractivity contribution >= 4 is 27.3 Å². The number of nitro benzene ring substituents is 1. The van der Waals surface area contributed by atoms with Crippen LogP contribution in [0.2, 0.25) is 0 Å². The highest BCUT2D eigenvalue weighted by Crippen LogP contribution is 2.36. The highest BCUT2D eigenvalue weighted by atomic mass is 79.9. The Labute approximate surface area is 165 Å². The molecule has 0 amide bonds. The van der Waals surface area contributed by atoms with Crippen LogP contribution in [0.25, 0.3) is 0 Å². The van der Waals surface area contributed by atoms with Gasteiger partial charge in [-0.1, -0.05) is 28.1 Å². The highest BCUT2D eigenvalue weighted by Gasteiger charge is 2.24. The zero-order valence-corrected chi connectivity index (χ0v) is 16.4. The van der Waals surface area contributed by atoms with E-state index in [1.54, 1.807) is 12.1 Å². The first kappa shape index (κ1) is 18.1. The first-order chi connectivity index (χ1) is 13.1. The van der Waals surface area contributed by atoms with Gasteiger partial charge in [0.25, 0.3) is 5.69 Å². The maximum Gasteiger partial charge on any atom is 0.292 e. The van der Waals surface area contributed by atoms with Crippen molar-refractivity contribution in [2.45, 2.75) is 6.54 Å². The van der Waals surface area contributed by atoms with Crippen LogP contribution in [0.3, 0.4) is 0 Å². The minimum atomic E-state index is -0.312. The maximum absolute atomic E-state index is 11.3. The monoisotopic (exact) mass is 433 g/mol. The van der Waals surface area contributed by atoms with Gasteiger partial charge in [0.1, 0.15) is 18.9 Å². The second kappa shape index (κ2) is 7.74. The second-order valence-electron chi connectivity index (χ2n) is 6.60. The van der Waals surface area contributed by atoms with Crippen molar-refractivity contribution in [1.82, 2.24) is 4.90 Å². The molecule has 1 saturated heterocycles. The van der Waals surface area contributed by atoms with Crippen LogP contribution in [0, 0.1) is 10.1 Å². The highest BCUT2D eigenvalue weighted by molar-refractivity contribution is 9.10. The maximum atomic E-state index is 11.3. The van der Waals surface area contributed by atoms with Crippen LogP contribution >= 0.6 is 15.9 Å². The Kier molecular flexibility index (Phi) is 5.18. The largest absolute Gasteiger partial charge is 0.486 e. The molecule has 4 rings (SSSR count). The molecule has 0 spiro atoms. The molecule has 0 atom stereocenters. The van der Waals surface area contributed by atoms with Crippen molar-refractivity contribution < 1.29 is 14.4 Å². The molecule has 2 aromatic rings. The van der Waals surface area contributed by atoms with Gasteiger partial charge >= 0.3 is 0 Å². The number of rotatable bonds is 4. The molecular weight excluding hydrogens is 414 g/mol. The number of nitro groups is 1. The first-order valence-electron chi connectivity index (χ1n) is 8.90. The van der Waals surface area contributed by atoms with Gasteiger partial charge in [-0.25, -0.2) is 0 Å². The van der Waals surface area contributed by atoms with Crippen molar-refractivity contribution in [1.29, 1.82) is 0 Å². The zero-order valence-electron chi connectivity index (χ0n) is 14.8. The lowest BCUT2D eigenvalue weighted by molar-refractivity contribution is -0.384. The van der Waals surface area contributed by atoms with E-state index in [1.807, 2.05) is 24.3 Å². The number of fused-ring (bicyclic) bond motifs is 1. The third-order valence-corrected chi connectivity index (χ3v) is 5.63. The lowest BCUT2D eigenvalue weighted by Gasteiger charge is -2.36. The van der Waals surface area contributed by atoms with Crippen LogP contribution in [0.4, 0.5) is 11.4 Å². The minimum absolute atomic E-state index is 0.167. The summed E-state index contributed by atoms with van der Waals surface area (Å²) in [5.74, 6) is 1.57. The quantitative estimate of drug-likeness (QED) is 0.543. The van der Waals surface area contributed by atoms with E-state index in [-0.39, 0.29) is 10.6 Å². The molecule has 0 saturated carbocycles. The molecule has 27 heavy (non-hydrogen) atoms. The van der Waals surface area contributed by atoms with Crippen LogP contribution in [0.1, 0.15) is 5.56 Å². The average Bonchev–Trinajstić information content (AvgIpc) is 2.69. The topological polar surface area (TPSA) is 68.1 Å². The fraction of sp³-hybridized carbons (Fsp3) is 0.368. The molecule has 142 valence electrons. The van der Waals surface area contributed by atoms with Gasteiger partial charge < -0.3 is 14.4 Å².